The van der Waals surface area contributed by atoms with Crippen LogP contribution in [0, 0.1) is 0 Å². The Bertz CT molecular complexity index is 712. The van der Waals surface area contributed by atoms with E-state index >= 15 is 0 Å². The molecule has 122 valence electrons. The zero-order valence-electron chi connectivity index (χ0n) is 12.2. The fraction of sp³-hybridized carbons (Fsp3) is 0.188. The van der Waals surface area contributed by atoms with Crippen molar-refractivity contribution in [3.05, 3.63) is 56.5 Å². The van der Waals surface area contributed by atoms with Crippen molar-refractivity contribution in [1.29, 1.82) is 0 Å². The van der Waals surface area contributed by atoms with E-state index in [1.54, 1.807) is 25.3 Å². The Balaban J connectivity index is 1.85. The van der Waals surface area contributed by atoms with Gasteiger partial charge in [0.1, 0.15) is 5.75 Å². The zero-order chi connectivity index (χ0) is 16.8. The maximum absolute atomic E-state index is 12.0. The number of carbonyl (C=O) groups excluding carboxylic acids is 1. The van der Waals surface area contributed by atoms with Gasteiger partial charge in [-0.3, -0.25) is 4.79 Å². The van der Waals surface area contributed by atoms with Crippen molar-refractivity contribution in [2.24, 2.45) is 0 Å². The average Bonchev–Trinajstić information content (AvgIpc) is 2.52. The number of nitrogens with one attached hydrogen (secondary N) is 1. The highest BCUT2D eigenvalue weighted by Crippen LogP contribution is 2.30. The Morgan fingerprint density at radius 3 is 2.78 bits per heavy atom. The molecule has 0 aromatic heterocycles. The highest BCUT2D eigenvalue weighted by atomic mass is 79.9. The number of ether oxygens (including phenoxy) is 1. The Labute approximate surface area is 157 Å². The summed E-state index contributed by atoms with van der Waals surface area (Å²) < 4.78 is 6.09. The van der Waals surface area contributed by atoms with Gasteiger partial charge in [-0.1, -0.05) is 35.3 Å². The highest BCUT2D eigenvalue weighted by Gasteiger charge is 2.09. The lowest BCUT2D eigenvalue weighted by molar-refractivity contribution is -0.113. The second-order valence-electron chi connectivity index (χ2n) is 4.61. The SMILES string of the molecule is COc1ccc(CSCC(=O)Nc2cccc(Cl)c2Cl)cc1Br. The molecule has 0 aliphatic rings. The van der Waals surface area contributed by atoms with Crippen LogP contribution in [-0.2, 0) is 10.5 Å². The van der Waals surface area contributed by atoms with E-state index in [2.05, 4.69) is 21.2 Å². The molecule has 0 spiro atoms. The molecule has 0 aliphatic heterocycles. The lowest BCUT2D eigenvalue weighted by Crippen LogP contribution is -2.14. The van der Waals surface area contributed by atoms with Gasteiger partial charge < -0.3 is 10.1 Å². The van der Waals surface area contributed by atoms with E-state index in [0.29, 0.717) is 21.5 Å². The molecule has 0 heterocycles. The smallest absolute Gasteiger partial charge is 0.234 e. The van der Waals surface area contributed by atoms with Gasteiger partial charge in [-0.15, -0.1) is 11.8 Å². The zero-order valence-corrected chi connectivity index (χ0v) is 16.2. The summed E-state index contributed by atoms with van der Waals surface area (Å²) in [5, 5.41) is 3.53. The lowest BCUT2D eigenvalue weighted by atomic mass is 10.2. The fourth-order valence-electron chi connectivity index (χ4n) is 1.85. The van der Waals surface area contributed by atoms with Crippen molar-refractivity contribution in [2.75, 3.05) is 18.2 Å². The maximum atomic E-state index is 12.0. The summed E-state index contributed by atoms with van der Waals surface area (Å²) >= 11 is 16.9. The predicted molar refractivity (Wildman–Crippen MR) is 102 cm³/mol. The van der Waals surface area contributed by atoms with Crippen LogP contribution in [0.25, 0.3) is 0 Å². The van der Waals surface area contributed by atoms with E-state index in [1.165, 1.54) is 11.8 Å². The van der Waals surface area contributed by atoms with Gasteiger partial charge in [-0.2, -0.15) is 0 Å². The van der Waals surface area contributed by atoms with Crippen molar-refractivity contribution in [3.63, 3.8) is 0 Å². The van der Waals surface area contributed by atoms with Gasteiger partial charge in [0.15, 0.2) is 0 Å². The molecular formula is C16H14BrCl2NO2S. The van der Waals surface area contributed by atoms with Crippen LogP contribution >= 0.6 is 50.9 Å². The van der Waals surface area contributed by atoms with Gasteiger partial charge >= 0.3 is 0 Å². The number of thioether (sulfide) groups is 1. The van der Waals surface area contributed by atoms with Crippen LogP contribution in [0.4, 0.5) is 5.69 Å². The van der Waals surface area contributed by atoms with Crippen LogP contribution < -0.4 is 10.1 Å². The quantitative estimate of drug-likeness (QED) is 0.639. The minimum Gasteiger partial charge on any atom is -0.496 e. The first-order chi connectivity index (χ1) is 11.0. The molecular weight excluding hydrogens is 421 g/mol. The minimum absolute atomic E-state index is 0.119. The van der Waals surface area contributed by atoms with Crippen LogP contribution in [0.15, 0.2) is 40.9 Å². The molecule has 23 heavy (non-hydrogen) atoms. The average molecular weight is 435 g/mol. The first kappa shape index (κ1) is 18.5. The van der Waals surface area contributed by atoms with E-state index in [1.807, 2.05) is 18.2 Å². The van der Waals surface area contributed by atoms with Crippen LogP contribution in [0.2, 0.25) is 10.0 Å². The third kappa shape index (κ3) is 5.31. The van der Waals surface area contributed by atoms with E-state index < -0.39 is 0 Å². The van der Waals surface area contributed by atoms with E-state index in [9.17, 15) is 4.79 Å². The molecule has 0 bridgehead atoms. The molecule has 0 saturated heterocycles. The molecule has 1 N–H and O–H groups in total. The monoisotopic (exact) mass is 433 g/mol. The molecule has 7 heteroatoms. The standard InChI is InChI=1S/C16H14BrCl2NO2S/c1-22-14-6-5-10(7-11(14)17)8-23-9-15(21)20-13-4-2-3-12(18)16(13)19/h2-7H,8-9H2,1H3,(H,20,21). The number of rotatable bonds is 6. The molecule has 2 aromatic rings. The number of carbonyl (C=O) groups is 1. The number of hydrogen-bond donors (Lipinski definition) is 1. The van der Waals surface area contributed by atoms with Gasteiger partial charge in [0.05, 0.1) is 33.1 Å². The van der Waals surface area contributed by atoms with Gasteiger partial charge in [0.2, 0.25) is 5.91 Å². The van der Waals surface area contributed by atoms with E-state index in [-0.39, 0.29) is 5.91 Å². The van der Waals surface area contributed by atoms with Gasteiger partial charge in [-0.05, 0) is 45.8 Å². The Morgan fingerprint density at radius 2 is 2.09 bits per heavy atom. The summed E-state index contributed by atoms with van der Waals surface area (Å²) in [7, 11) is 1.62. The van der Waals surface area contributed by atoms with Crippen molar-refractivity contribution in [1.82, 2.24) is 0 Å². The number of amides is 1. The molecule has 0 aliphatic carbocycles. The second kappa shape index (κ2) is 8.83. The summed E-state index contributed by atoms with van der Waals surface area (Å²) in [4.78, 5) is 12.0. The first-order valence-corrected chi connectivity index (χ1v) is 9.35. The molecule has 0 atom stereocenters. The fourth-order valence-corrected chi connectivity index (χ4v) is 3.56. The van der Waals surface area contributed by atoms with Crippen LogP contribution in [0.3, 0.4) is 0 Å². The molecule has 0 saturated carbocycles. The number of benzene rings is 2. The molecule has 2 aromatic carbocycles. The minimum atomic E-state index is -0.119. The maximum Gasteiger partial charge on any atom is 0.234 e. The molecule has 3 nitrogen and oxygen atoms in total. The highest BCUT2D eigenvalue weighted by molar-refractivity contribution is 9.10. The van der Waals surface area contributed by atoms with Crippen molar-refractivity contribution in [3.8, 4) is 5.75 Å². The van der Waals surface area contributed by atoms with Gasteiger partial charge in [-0.25, -0.2) is 0 Å². The number of anilines is 1. The van der Waals surface area contributed by atoms with Crippen LogP contribution in [0.1, 0.15) is 5.56 Å². The molecule has 0 radical (unpaired) electrons. The van der Waals surface area contributed by atoms with Gasteiger partial charge in [0.25, 0.3) is 0 Å². The van der Waals surface area contributed by atoms with E-state index in [0.717, 1.165) is 21.5 Å². The summed E-state index contributed by atoms with van der Waals surface area (Å²) in [6.07, 6.45) is 0. The summed E-state index contributed by atoms with van der Waals surface area (Å²) in [5.74, 6) is 1.71. The molecule has 1 amide bonds. The molecule has 0 fully saturated rings. The third-order valence-electron chi connectivity index (χ3n) is 2.94. The third-order valence-corrected chi connectivity index (χ3v) is 5.39. The normalized spacial score (nSPS) is 10.4. The summed E-state index contributed by atoms with van der Waals surface area (Å²) in [6.45, 7) is 0. The largest absolute Gasteiger partial charge is 0.496 e. The topological polar surface area (TPSA) is 38.3 Å². The first-order valence-electron chi connectivity index (χ1n) is 6.65. The van der Waals surface area contributed by atoms with E-state index in [4.69, 9.17) is 27.9 Å². The summed E-state index contributed by atoms with van der Waals surface area (Å²) in [5.41, 5.74) is 1.63. The predicted octanol–water partition coefficient (Wildman–Crippen LogP) is 5.64. The van der Waals surface area contributed by atoms with Gasteiger partial charge in [0, 0.05) is 5.75 Å². The molecule has 2 rings (SSSR count). The number of halogens is 3. The lowest BCUT2D eigenvalue weighted by Gasteiger charge is -2.09. The van der Waals surface area contributed by atoms with Crippen molar-refractivity contribution < 1.29 is 9.53 Å². The molecule has 0 unspecified atom stereocenters. The summed E-state index contributed by atoms with van der Waals surface area (Å²) in [6, 6.07) is 11.0. The number of methoxy groups -OCH3 is 1. The van der Waals surface area contributed by atoms with Crippen molar-refractivity contribution >= 4 is 62.5 Å². The Morgan fingerprint density at radius 1 is 1.30 bits per heavy atom. The second-order valence-corrected chi connectivity index (χ2v) is 7.24. The Kier molecular flexibility index (Phi) is 7.09. The Hall–Kier alpha value is -0.880. The van der Waals surface area contributed by atoms with Crippen LogP contribution in [-0.4, -0.2) is 18.8 Å². The van der Waals surface area contributed by atoms with Crippen molar-refractivity contribution in [2.45, 2.75) is 5.75 Å². The number of hydrogen-bond acceptors (Lipinski definition) is 3. The van der Waals surface area contributed by atoms with Crippen LogP contribution in [0.5, 0.6) is 5.75 Å².